The van der Waals surface area contributed by atoms with E-state index in [9.17, 15) is 9.90 Å². The van der Waals surface area contributed by atoms with Crippen molar-refractivity contribution in [3.8, 4) is 11.5 Å². The number of phenolic OH excluding ortho intramolecular Hbond substituents is 1. The molecule has 2 saturated carbocycles. The molecule has 0 aromatic heterocycles. The summed E-state index contributed by atoms with van der Waals surface area (Å²) in [6, 6.07) is 6.96. The number of hydrogen-bond acceptors (Lipinski definition) is 4. The number of nitrogens with two attached hydrogens (primary N) is 1. The summed E-state index contributed by atoms with van der Waals surface area (Å²) in [4.78, 5) is 14.4. The van der Waals surface area contributed by atoms with Crippen LogP contribution in [0.1, 0.15) is 44.9 Å². The predicted molar refractivity (Wildman–Crippen MR) is 97.4 cm³/mol. The minimum absolute atomic E-state index is 0.115. The van der Waals surface area contributed by atoms with Crippen molar-refractivity contribution in [2.75, 3.05) is 13.7 Å². The van der Waals surface area contributed by atoms with Gasteiger partial charge in [0.2, 0.25) is 5.91 Å². The van der Waals surface area contributed by atoms with E-state index >= 15 is 0 Å². The van der Waals surface area contributed by atoms with Gasteiger partial charge in [-0.05, 0) is 68.9 Å². The first-order valence-electron chi connectivity index (χ1n) is 9.48. The average Bonchev–Trinajstić information content (AvgIpc) is 2.57. The molecule has 3 N–H and O–H groups in total. The van der Waals surface area contributed by atoms with Crippen molar-refractivity contribution in [2.24, 2.45) is 17.6 Å². The molecule has 0 heterocycles. The Morgan fingerprint density at radius 2 is 2.00 bits per heavy atom. The molecule has 0 bridgehead atoms. The number of likely N-dealkylation sites (N-methyl/N-ethyl adjacent to an activating group) is 1. The lowest BCUT2D eigenvalue weighted by Gasteiger charge is -2.38. The van der Waals surface area contributed by atoms with Crippen molar-refractivity contribution < 1.29 is 14.6 Å². The van der Waals surface area contributed by atoms with Crippen LogP contribution in [0.2, 0.25) is 0 Å². The van der Waals surface area contributed by atoms with Crippen LogP contribution in [0.15, 0.2) is 24.3 Å². The minimum atomic E-state index is -0.362. The highest BCUT2D eigenvalue weighted by Gasteiger charge is 2.34. The first kappa shape index (κ1) is 18.1. The monoisotopic (exact) mass is 346 g/mol. The summed E-state index contributed by atoms with van der Waals surface area (Å²) < 4.78 is 5.79. The first-order valence-corrected chi connectivity index (χ1v) is 9.48. The molecule has 0 spiro atoms. The van der Waals surface area contributed by atoms with E-state index in [1.807, 2.05) is 18.0 Å². The lowest BCUT2D eigenvalue weighted by molar-refractivity contribution is -0.136. The zero-order valence-electron chi connectivity index (χ0n) is 15.1. The van der Waals surface area contributed by atoms with Crippen molar-refractivity contribution >= 4 is 5.91 Å². The molecule has 2 aliphatic rings. The van der Waals surface area contributed by atoms with Crippen molar-refractivity contribution in [1.29, 1.82) is 0 Å². The Morgan fingerprint density at radius 1 is 1.28 bits per heavy atom. The van der Waals surface area contributed by atoms with E-state index in [0.29, 0.717) is 24.3 Å². The van der Waals surface area contributed by atoms with Crippen molar-refractivity contribution in [2.45, 2.75) is 57.0 Å². The van der Waals surface area contributed by atoms with Gasteiger partial charge in [0.05, 0.1) is 12.6 Å². The summed E-state index contributed by atoms with van der Waals surface area (Å²) in [5.41, 5.74) is 6.29. The number of hydrogen-bond donors (Lipinski definition) is 2. The fraction of sp³-hybridized carbons (Fsp3) is 0.650. The Morgan fingerprint density at radius 3 is 2.60 bits per heavy atom. The SMILES string of the molecule is CN(C(=O)[C@@H](N)C1CCC(COc2cccc(O)c2)CC1)C1CCC1. The molecule has 2 aliphatic carbocycles. The zero-order chi connectivity index (χ0) is 17.8. The topological polar surface area (TPSA) is 75.8 Å². The third-order valence-electron chi connectivity index (χ3n) is 5.96. The molecule has 1 amide bonds. The van der Waals surface area contributed by atoms with Crippen LogP contribution in [-0.4, -0.2) is 41.7 Å². The molecule has 1 atom stereocenters. The lowest BCUT2D eigenvalue weighted by Crippen LogP contribution is -2.52. The second-order valence-electron chi connectivity index (χ2n) is 7.65. The zero-order valence-corrected chi connectivity index (χ0v) is 15.1. The number of nitrogens with zero attached hydrogens (tertiary/aromatic N) is 1. The Kier molecular flexibility index (Phi) is 5.84. The van der Waals surface area contributed by atoms with Crippen LogP contribution < -0.4 is 10.5 Å². The van der Waals surface area contributed by atoms with Gasteiger partial charge in [-0.3, -0.25) is 4.79 Å². The Hall–Kier alpha value is -1.75. The number of amides is 1. The fourth-order valence-corrected chi connectivity index (χ4v) is 3.89. The summed E-state index contributed by atoms with van der Waals surface area (Å²) >= 11 is 0. The first-order chi connectivity index (χ1) is 12.0. The van der Waals surface area contributed by atoms with Crippen LogP contribution in [0.5, 0.6) is 11.5 Å². The van der Waals surface area contributed by atoms with E-state index in [4.69, 9.17) is 10.5 Å². The molecule has 1 aromatic rings. The van der Waals surface area contributed by atoms with Crippen LogP contribution in [-0.2, 0) is 4.79 Å². The maximum absolute atomic E-state index is 12.6. The number of aromatic hydroxyl groups is 1. The van der Waals surface area contributed by atoms with E-state index in [-0.39, 0.29) is 23.6 Å². The van der Waals surface area contributed by atoms with E-state index < -0.39 is 0 Å². The smallest absolute Gasteiger partial charge is 0.239 e. The summed E-state index contributed by atoms with van der Waals surface area (Å²) in [7, 11) is 1.90. The molecule has 0 unspecified atom stereocenters. The Labute approximate surface area is 150 Å². The van der Waals surface area contributed by atoms with Gasteiger partial charge >= 0.3 is 0 Å². The third kappa shape index (κ3) is 4.46. The molecule has 5 heteroatoms. The molecular weight excluding hydrogens is 316 g/mol. The fourth-order valence-electron chi connectivity index (χ4n) is 3.89. The van der Waals surface area contributed by atoms with E-state index in [0.717, 1.165) is 38.5 Å². The number of carbonyl (C=O) groups is 1. The van der Waals surface area contributed by atoms with Crippen LogP contribution in [0.3, 0.4) is 0 Å². The van der Waals surface area contributed by atoms with Gasteiger partial charge < -0.3 is 20.5 Å². The minimum Gasteiger partial charge on any atom is -0.508 e. The molecular formula is C20H30N2O3. The number of benzene rings is 1. The molecule has 25 heavy (non-hydrogen) atoms. The standard InChI is InChI=1S/C20H30N2O3/c1-22(16-4-2-5-16)20(24)19(21)15-10-8-14(9-11-15)13-25-18-7-3-6-17(23)12-18/h3,6-7,12,14-16,19,23H,2,4-5,8-11,13,21H2,1H3/t14?,15?,19-/m0/s1. The third-order valence-corrected chi connectivity index (χ3v) is 5.96. The van der Waals surface area contributed by atoms with Crippen LogP contribution >= 0.6 is 0 Å². The molecule has 0 aliphatic heterocycles. The summed E-state index contributed by atoms with van der Waals surface area (Å²) in [5, 5.41) is 9.47. The second-order valence-corrected chi connectivity index (χ2v) is 7.65. The highest BCUT2D eigenvalue weighted by atomic mass is 16.5. The van der Waals surface area contributed by atoms with Gasteiger partial charge in [0.15, 0.2) is 0 Å². The summed E-state index contributed by atoms with van der Waals surface area (Å²) in [6.45, 7) is 0.654. The number of carbonyl (C=O) groups excluding carboxylic acids is 1. The van der Waals surface area contributed by atoms with Crippen molar-refractivity contribution in [1.82, 2.24) is 4.90 Å². The van der Waals surface area contributed by atoms with Gasteiger partial charge in [-0.2, -0.15) is 0 Å². The van der Waals surface area contributed by atoms with Gasteiger partial charge in [-0.25, -0.2) is 0 Å². The summed E-state index contributed by atoms with van der Waals surface area (Å²) in [6.07, 6.45) is 7.51. The molecule has 138 valence electrons. The van der Waals surface area contributed by atoms with Gasteiger partial charge in [0.25, 0.3) is 0 Å². The van der Waals surface area contributed by atoms with Crippen molar-refractivity contribution in [3.05, 3.63) is 24.3 Å². The molecule has 1 aromatic carbocycles. The van der Waals surface area contributed by atoms with E-state index in [1.165, 1.54) is 6.42 Å². The van der Waals surface area contributed by atoms with Gasteiger partial charge in [-0.15, -0.1) is 0 Å². The van der Waals surface area contributed by atoms with Crippen LogP contribution in [0.25, 0.3) is 0 Å². The number of ether oxygens (including phenoxy) is 1. The normalized spacial score (nSPS) is 25.0. The molecule has 3 rings (SSSR count). The van der Waals surface area contributed by atoms with Crippen molar-refractivity contribution in [3.63, 3.8) is 0 Å². The summed E-state index contributed by atoms with van der Waals surface area (Å²) in [5.74, 6) is 1.82. The van der Waals surface area contributed by atoms with Gasteiger partial charge in [-0.1, -0.05) is 6.07 Å². The molecule has 0 saturated heterocycles. The average molecular weight is 346 g/mol. The van der Waals surface area contributed by atoms with Gasteiger partial charge in [0, 0.05) is 19.2 Å². The molecule has 2 fully saturated rings. The highest BCUT2D eigenvalue weighted by molar-refractivity contribution is 5.82. The molecule has 0 radical (unpaired) electrons. The highest BCUT2D eigenvalue weighted by Crippen LogP contribution is 2.32. The Balaban J connectivity index is 1.42. The second kappa shape index (κ2) is 8.09. The van der Waals surface area contributed by atoms with E-state index in [1.54, 1.807) is 18.2 Å². The molecule has 5 nitrogen and oxygen atoms in total. The van der Waals surface area contributed by atoms with E-state index in [2.05, 4.69) is 0 Å². The van der Waals surface area contributed by atoms with Crippen LogP contribution in [0, 0.1) is 11.8 Å². The quantitative estimate of drug-likeness (QED) is 0.830. The predicted octanol–water partition coefficient (Wildman–Crippen LogP) is 2.92. The van der Waals surface area contributed by atoms with Gasteiger partial charge in [0.1, 0.15) is 11.5 Å². The number of rotatable bonds is 6. The number of phenols is 1. The van der Waals surface area contributed by atoms with Crippen LogP contribution in [0.4, 0.5) is 0 Å². The lowest BCUT2D eigenvalue weighted by atomic mass is 9.78. The largest absolute Gasteiger partial charge is 0.508 e. The maximum Gasteiger partial charge on any atom is 0.239 e. The maximum atomic E-state index is 12.6. The Bertz CT molecular complexity index is 580.